The molecule has 3 aromatic carbocycles. The Kier molecular flexibility index (Phi) is 17.5. The van der Waals surface area contributed by atoms with E-state index >= 15 is 0 Å². The standard InChI is InChI=1S/C38H50O12/c1-2-32(34-6-8-36-38(30-34)50-28-24-46-20-16-42-12-10-40-14-18-44-22-26-48-36)4-3-31(1)33-5-7-35-37(29-33)49-27-23-45-19-15-41-11-9-39-13-17-43-21-25-47-35/h1-8,29-30H,9-28H2. The van der Waals surface area contributed by atoms with Crippen LogP contribution in [0.5, 0.6) is 23.0 Å². The van der Waals surface area contributed by atoms with Gasteiger partial charge in [-0.15, -0.1) is 0 Å². The van der Waals surface area contributed by atoms with Crippen LogP contribution in [0.2, 0.25) is 0 Å². The third-order valence-electron chi connectivity index (χ3n) is 7.61. The molecule has 274 valence electrons. The van der Waals surface area contributed by atoms with E-state index in [0.29, 0.717) is 155 Å². The lowest BCUT2D eigenvalue weighted by Crippen LogP contribution is -2.16. The van der Waals surface area contributed by atoms with Crippen molar-refractivity contribution < 1.29 is 56.8 Å². The summed E-state index contributed by atoms with van der Waals surface area (Å²) in [5.74, 6) is 2.59. The van der Waals surface area contributed by atoms with Gasteiger partial charge in [-0.25, -0.2) is 0 Å². The quantitative estimate of drug-likeness (QED) is 0.370. The van der Waals surface area contributed by atoms with E-state index in [1.807, 2.05) is 36.4 Å². The summed E-state index contributed by atoms with van der Waals surface area (Å²) >= 11 is 0. The van der Waals surface area contributed by atoms with Gasteiger partial charge in [0.1, 0.15) is 26.4 Å². The second-order valence-corrected chi connectivity index (χ2v) is 11.2. The van der Waals surface area contributed by atoms with E-state index in [2.05, 4.69) is 24.3 Å². The second kappa shape index (κ2) is 23.1. The van der Waals surface area contributed by atoms with Gasteiger partial charge in [0.05, 0.1) is 106 Å². The predicted octanol–water partition coefficient (Wildman–Crippen LogP) is 4.70. The summed E-state index contributed by atoms with van der Waals surface area (Å²) in [5.41, 5.74) is 4.08. The molecule has 0 atom stereocenters. The Morgan fingerprint density at radius 1 is 0.220 bits per heavy atom. The van der Waals surface area contributed by atoms with Crippen molar-refractivity contribution >= 4 is 0 Å². The highest BCUT2D eigenvalue weighted by Crippen LogP contribution is 2.36. The number of benzene rings is 3. The van der Waals surface area contributed by atoms with Crippen molar-refractivity contribution in [1.29, 1.82) is 0 Å². The highest BCUT2D eigenvalue weighted by atomic mass is 16.6. The van der Waals surface area contributed by atoms with Crippen LogP contribution in [0.15, 0.2) is 60.7 Å². The van der Waals surface area contributed by atoms with Crippen molar-refractivity contribution in [2.45, 2.75) is 0 Å². The normalized spacial score (nSPS) is 19.2. The Labute approximate surface area is 294 Å². The molecule has 0 fully saturated rings. The molecule has 12 nitrogen and oxygen atoms in total. The molecule has 0 bridgehead atoms. The zero-order valence-corrected chi connectivity index (χ0v) is 28.8. The molecule has 0 amide bonds. The molecule has 3 aromatic rings. The molecule has 2 aliphatic heterocycles. The van der Waals surface area contributed by atoms with E-state index in [-0.39, 0.29) is 0 Å². The Bertz CT molecular complexity index is 1250. The average Bonchev–Trinajstić information content (AvgIpc) is 3.14. The second-order valence-electron chi connectivity index (χ2n) is 11.2. The van der Waals surface area contributed by atoms with Gasteiger partial charge in [-0.3, -0.25) is 0 Å². The SMILES string of the molecule is c1cc(-c2ccc3c(c2)OCCOCCOCCOCCOCCO3)ccc1-c1ccc2c(c1)OCCOCCOCCOCCOCCO2. The summed E-state index contributed by atoms with van der Waals surface area (Å²) in [4.78, 5) is 0. The summed E-state index contributed by atoms with van der Waals surface area (Å²) in [6, 6.07) is 20.3. The maximum atomic E-state index is 6.12. The molecule has 0 aromatic heterocycles. The van der Waals surface area contributed by atoms with Gasteiger partial charge in [-0.2, -0.15) is 0 Å². The number of hydrogen-bond acceptors (Lipinski definition) is 12. The minimum atomic E-state index is 0.380. The van der Waals surface area contributed by atoms with Crippen LogP contribution < -0.4 is 18.9 Å². The van der Waals surface area contributed by atoms with Crippen LogP contribution in [0.3, 0.4) is 0 Å². The van der Waals surface area contributed by atoms with E-state index in [1.54, 1.807) is 0 Å². The van der Waals surface area contributed by atoms with Crippen molar-refractivity contribution in [2.24, 2.45) is 0 Å². The molecule has 12 heteroatoms. The molecule has 0 unspecified atom stereocenters. The summed E-state index contributed by atoms with van der Waals surface area (Å²) in [6.45, 7) is 9.39. The van der Waals surface area contributed by atoms with Crippen LogP contribution in [0.1, 0.15) is 0 Å². The summed E-state index contributed by atoms with van der Waals surface area (Å²) in [7, 11) is 0. The van der Waals surface area contributed by atoms with Crippen LogP contribution in [0.25, 0.3) is 22.3 Å². The average molecular weight is 699 g/mol. The third-order valence-corrected chi connectivity index (χ3v) is 7.61. The van der Waals surface area contributed by atoms with E-state index in [9.17, 15) is 0 Å². The molecule has 0 saturated carbocycles. The van der Waals surface area contributed by atoms with Gasteiger partial charge in [-0.1, -0.05) is 36.4 Å². The highest BCUT2D eigenvalue weighted by molar-refractivity contribution is 5.73. The molecule has 2 aliphatic rings. The van der Waals surface area contributed by atoms with Crippen molar-refractivity contribution in [3.63, 3.8) is 0 Å². The van der Waals surface area contributed by atoms with Gasteiger partial charge in [0.2, 0.25) is 0 Å². The highest BCUT2D eigenvalue weighted by Gasteiger charge is 2.12. The molecule has 0 spiro atoms. The monoisotopic (exact) mass is 698 g/mol. The molecule has 0 radical (unpaired) electrons. The summed E-state index contributed by atoms with van der Waals surface area (Å²) < 4.78 is 69.0. The van der Waals surface area contributed by atoms with Crippen molar-refractivity contribution in [3.05, 3.63) is 60.7 Å². The molecule has 0 aliphatic carbocycles. The minimum absolute atomic E-state index is 0.380. The smallest absolute Gasteiger partial charge is 0.161 e. The Morgan fingerprint density at radius 3 is 0.720 bits per heavy atom. The van der Waals surface area contributed by atoms with E-state index in [4.69, 9.17) is 56.8 Å². The van der Waals surface area contributed by atoms with Crippen LogP contribution in [0.4, 0.5) is 0 Å². The zero-order chi connectivity index (χ0) is 34.3. The zero-order valence-electron chi connectivity index (χ0n) is 28.8. The minimum Gasteiger partial charge on any atom is -0.487 e. The molecule has 2 heterocycles. The van der Waals surface area contributed by atoms with E-state index in [1.165, 1.54) is 0 Å². The van der Waals surface area contributed by atoms with Crippen molar-refractivity contribution in [2.75, 3.05) is 132 Å². The number of ether oxygens (including phenoxy) is 12. The topological polar surface area (TPSA) is 111 Å². The fourth-order valence-corrected chi connectivity index (χ4v) is 5.06. The van der Waals surface area contributed by atoms with Crippen LogP contribution in [0, 0.1) is 0 Å². The van der Waals surface area contributed by atoms with Gasteiger partial charge in [0, 0.05) is 0 Å². The fraction of sp³-hybridized carbons (Fsp3) is 0.526. The van der Waals surface area contributed by atoms with Gasteiger partial charge in [0.25, 0.3) is 0 Å². The van der Waals surface area contributed by atoms with E-state index < -0.39 is 0 Å². The van der Waals surface area contributed by atoms with Gasteiger partial charge >= 0.3 is 0 Å². The lowest BCUT2D eigenvalue weighted by atomic mass is 9.99. The first kappa shape index (κ1) is 37.8. The summed E-state index contributed by atoms with van der Waals surface area (Å²) in [5, 5.41) is 0. The first-order valence-corrected chi connectivity index (χ1v) is 17.4. The van der Waals surface area contributed by atoms with E-state index in [0.717, 1.165) is 22.3 Å². The van der Waals surface area contributed by atoms with Crippen LogP contribution in [-0.2, 0) is 37.9 Å². The van der Waals surface area contributed by atoms with Gasteiger partial charge in [0.15, 0.2) is 23.0 Å². The lowest BCUT2D eigenvalue weighted by Gasteiger charge is -2.16. The number of rotatable bonds is 2. The predicted molar refractivity (Wildman–Crippen MR) is 186 cm³/mol. The molecule has 50 heavy (non-hydrogen) atoms. The molecular formula is C38H50O12. The molecular weight excluding hydrogens is 648 g/mol. The van der Waals surface area contributed by atoms with Crippen molar-refractivity contribution in [3.8, 4) is 45.3 Å². The Hall–Kier alpha value is -3.46. The Morgan fingerprint density at radius 2 is 0.440 bits per heavy atom. The Balaban J connectivity index is 1.24. The number of fused-ring (bicyclic) bond motifs is 2. The maximum absolute atomic E-state index is 6.12. The lowest BCUT2D eigenvalue weighted by molar-refractivity contribution is -0.00841. The first-order chi connectivity index (χ1) is 24.9. The van der Waals surface area contributed by atoms with Gasteiger partial charge in [-0.05, 0) is 46.5 Å². The maximum Gasteiger partial charge on any atom is 0.161 e. The largest absolute Gasteiger partial charge is 0.487 e. The fourth-order valence-electron chi connectivity index (χ4n) is 5.06. The number of hydrogen-bond donors (Lipinski definition) is 0. The van der Waals surface area contributed by atoms with Crippen LogP contribution >= 0.6 is 0 Å². The third kappa shape index (κ3) is 13.7. The molecule has 5 rings (SSSR count). The van der Waals surface area contributed by atoms with Crippen molar-refractivity contribution in [1.82, 2.24) is 0 Å². The van der Waals surface area contributed by atoms with Gasteiger partial charge < -0.3 is 56.8 Å². The first-order valence-electron chi connectivity index (χ1n) is 17.4. The van der Waals surface area contributed by atoms with Crippen LogP contribution in [-0.4, -0.2) is 132 Å². The molecule has 0 saturated heterocycles. The molecule has 0 N–H and O–H groups in total. The summed E-state index contributed by atoms with van der Waals surface area (Å²) in [6.07, 6.45) is 0.